The van der Waals surface area contributed by atoms with Crippen LogP contribution in [0.15, 0.2) is 24.5 Å². The van der Waals surface area contributed by atoms with E-state index in [1.165, 1.54) is 0 Å². The molecule has 1 heterocycles. The molecule has 1 aromatic heterocycles. The van der Waals surface area contributed by atoms with Gasteiger partial charge in [-0.1, -0.05) is 20.8 Å². The van der Waals surface area contributed by atoms with Crippen LogP contribution in [-0.4, -0.2) is 35.1 Å². The molecular formula is C14H21N2O2. The molecule has 0 amide bonds. The van der Waals surface area contributed by atoms with Crippen LogP contribution in [0, 0.1) is 12.8 Å². The first kappa shape index (κ1) is 14.6. The first-order valence-corrected chi connectivity index (χ1v) is 6.22. The monoisotopic (exact) mass is 249 g/mol. The summed E-state index contributed by atoms with van der Waals surface area (Å²) in [4.78, 5) is 18.1. The fraction of sp³-hybridized carbons (Fsp3) is 0.500. The molecular weight excluding hydrogens is 228 g/mol. The molecule has 0 aliphatic rings. The maximum absolute atomic E-state index is 12.1. The Morgan fingerprint density at radius 2 is 2.28 bits per heavy atom. The van der Waals surface area contributed by atoms with E-state index in [1.54, 1.807) is 12.4 Å². The van der Waals surface area contributed by atoms with Gasteiger partial charge in [-0.15, -0.1) is 0 Å². The average molecular weight is 249 g/mol. The Morgan fingerprint density at radius 3 is 2.72 bits per heavy atom. The average Bonchev–Trinajstić information content (AvgIpc) is 2.39. The van der Waals surface area contributed by atoms with Crippen LogP contribution < -0.4 is 4.90 Å². The van der Waals surface area contributed by atoms with Crippen molar-refractivity contribution in [2.75, 3.05) is 18.1 Å². The number of carbonyl (C=O) groups is 1. The lowest BCUT2D eigenvalue weighted by Gasteiger charge is -2.32. The minimum Gasteiger partial charge on any atom is -0.394 e. The molecule has 18 heavy (non-hydrogen) atoms. The van der Waals surface area contributed by atoms with E-state index in [0.29, 0.717) is 13.0 Å². The van der Waals surface area contributed by atoms with Crippen molar-refractivity contribution in [3.63, 3.8) is 0 Å². The number of ketones is 1. The third kappa shape index (κ3) is 3.53. The van der Waals surface area contributed by atoms with Crippen LogP contribution in [0.2, 0.25) is 0 Å². The second-order valence-electron chi connectivity index (χ2n) is 4.51. The number of aliphatic hydroxyl groups is 1. The van der Waals surface area contributed by atoms with Crippen LogP contribution in [-0.2, 0) is 4.79 Å². The van der Waals surface area contributed by atoms with Crippen molar-refractivity contribution < 1.29 is 9.90 Å². The van der Waals surface area contributed by atoms with Gasteiger partial charge in [-0.25, -0.2) is 0 Å². The Hall–Kier alpha value is -1.42. The van der Waals surface area contributed by atoms with Crippen LogP contribution >= 0.6 is 0 Å². The summed E-state index contributed by atoms with van der Waals surface area (Å²) in [6.07, 6.45) is 4.05. The van der Waals surface area contributed by atoms with Crippen LogP contribution in [0.5, 0.6) is 0 Å². The molecule has 1 atom stereocenters. The highest BCUT2D eigenvalue weighted by atomic mass is 16.3. The lowest BCUT2D eigenvalue weighted by Crippen LogP contribution is -2.46. The minimum atomic E-state index is -0.518. The van der Waals surface area contributed by atoms with Gasteiger partial charge >= 0.3 is 0 Å². The molecule has 0 aromatic carbocycles. The fourth-order valence-corrected chi connectivity index (χ4v) is 1.89. The molecule has 1 radical (unpaired) electrons. The lowest BCUT2D eigenvalue weighted by molar-refractivity contribution is -0.124. The third-order valence-electron chi connectivity index (χ3n) is 2.82. The standard InChI is InChI=1S/C14H21N2O2/c1-4-8-16(12-6-5-7-15-9-12)13(10-17)14(18)11(2)3/h5-7,9,11,13,17H,1,4,8,10H2,2-3H3. The zero-order chi connectivity index (χ0) is 13.5. The van der Waals surface area contributed by atoms with E-state index in [9.17, 15) is 9.90 Å². The normalized spacial score (nSPS) is 12.5. The molecule has 0 saturated carbocycles. The van der Waals surface area contributed by atoms with Gasteiger partial charge in [0.05, 0.1) is 18.5 Å². The number of hydrogen-bond donors (Lipinski definition) is 1. The third-order valence-corrected chi connectivity index (χ3v) is 2.82. The Balaban J connectivity index is 2.99. The van der Waals surface area contributed by atoms with E-state index in [4.69, 9.17) is 0 Å². The van der Waals surface area contributed by atoms with Crippen LogP contribution in [0.1, 0.15) is 20.3 Å². The van der Waals surface area contributed by atoms with Crippen LogP contribution in [0.3, 0.4) is 0 Å². The molecule has 0 spiro atoms. The van der Waals surface area contributed by atoms with E-state index in [1.807, 2.05) is 30.9 Å². The number of Topliss-reactive ketones (excluding diaryl/α,β-unsaturated/α-hetero) is 1. The van der Waals surface area contributed by atoms with Crippen molar-refractivity contribution >= 4 is 11.5 Å². The lowest BCUT2D eigenvalue weighted by atomic mass is 10.0. The number of carbonyl (C=O) groups excluding carboxylic acids is 1. The maximum atomic E-state index is 12.1. The van der Waals surface area contributed by atoms with Gasteiger partial charge in [0, 0.05) is 18.7 Å². The summed E-state index contributed by atoms with van der Waals surface area (Å²) in [6.45, 7) is 7.94. The zero-order valence-electron chi connectivity index (χ0n) is 11.0. The van der Waals surface area contributed by atoms with E-state index in [-0.39, 0.29) is 18.3 Å². The van der Waals surface area contributed by atoms with Crippen molar-refractivity contribution in [2.45, 2.75) is 26.3 Å². The van der Waals surface area contributed by atoms with Crippen molar-refractivity contribution in [1.29, 1.82) is 0 Å². The number of nitrogens with zero attached hydrogens (tertiary/aromatic N) is 2. The largest absolute Gasteiger partial charge is 0.394 e. The van der Waals surface area contributed by atoms with Crippen molar-refractivity contribution in [2.24, 2.45) is 5.92 Å². The molecule has 0 fully saturated rings. The maximum Gasteiger partial charge on any atom is 0.160 e. The van der Waals surface area contributed by atoms with Crippen molar-refractivity contribution in [3.8, 4) is 0 Å². The molecule has 0 saturated heterocycles. The predicted octanol–water partition coefficient (Wildman–Crippen LogP) is 1.70. The summed E-state index contributed by atoms with van der Waals surface area (Å²) in [5, 5.41) is 9.50. The van der Waals surface area contributed by atoms with Gasteiger partial charge in [0.2, 0.25) is 0 Å². The summed E-state index contributed by atoms with van der Waals surface area (Å²) >= 11 is 0. The Bertz CT molecular complexity index is 365. The number of pyridine rings is 1. The Kier molecular flexibility index (Phi) is 5.78. The smallest absolute Gasteiger partial charge is 0.160 e. The van der Waals surface area contributed by atoms with E-state index < -0.39 is 6.04 Å². The summed E-state index contributed by atoms with van der Waals surface area (Å²) in [5.74, 6) is -0.0686. The second kappa shape index (κ2) is 7.11. The fourth-order valence-electron chi connectivity index (χ4n) is 1.89. The first-order chi connectivity index (χ1) is 8.61. The van der Waals surface area contributed by atoms with Gasteiger partial charge in [-0.05, 0) is 18.6 Å². The molecule has 4 heteroatoms. The van der Waals surface area contributed by atoms with Gasteiger partial charge in [-0.3, -0.25) is 9.78 Å². The highest BCUT2D eigenvalue weighted by Crippen LogP contribution is 2.18. The number of hydrogen-bond acceptors (Lipinski definition) is 4. The van der Waals surface area contributed by atoms with Crippen LogP contribution in [0.4, 0.5) is 5.69 Å². The summed E-state index contributed by atoms with van der Waals surface area (Å²) in [6, 6.07) is 3.19. The highest BCUT2D eigenvalue weighted by molar-refractivity contribution is 5.88. The van der Waals surface area contributed by atoms with Gasteiger partial charge in [0.15, 0.2) is 5.78 Å². The number of rotatable bonds is 7. The summed E-state index contributed by atoms with van der Waals surface area (Å²) < 4.78 is 0. The number of aromatic nitrogens is 1. The molecule has 0 aliphatic carbocycles. The molecule has 1 rings (SSSR count). The molecule has 0 aliphatic heterocycles. The summed E-state index contributed by atoms with van der Waals surface area (Å²) in [7, 11) is 0. The minimum absolute atomic E-state index is 0.0369. The van der Waals surface area contributed by atoms with E-state index >= 15 is 0 Å². The topological polar surface area (TPSA) is 53.4 Å². The van der Waals surface area contributed by atoms with Gasteiger partial charge in [0.1, 0.15) is 6.04 Å². The number of aliphatic hydroxyl groups excluding tert-OH is 1. The zero-order valence-corrected chi connectivity index (χ0v) is 11.0. The number of anilines is 1. The van der Waals surface area contributed by atoms with E-state index in [2.05, 4.69) is 11.9 Å². The Morgan fingerprint density at radius 1 is 1.56 bits per heavy atom. The van der Waals surface area contributed by atoms with Gasteiger partial charge in [-0.2, -0.15) is 0 Å². The molecule has 99 valence electrons. The Labute approximate surface area is 109 Å². The van der Waals surface area contributed by atoms with Gasteiger partial charge in [0.25, 0.3) is 0 Å². The van der Waals surface area contributed by atoms with Crippen LogP contribution in [0.25, 0.3) is 0 Å². The quantitative estimate of drug-likeness (QED) is 0.799. The van der Waals surface area contributed by atoms with E-state index in [0.717, 1.165) is 5.69 Å². The predicted molar refractivity (Wildman–Crippen MR) is 72.3 cm³/mol. The van der Waals surface area contributed by atoms with Gasteiger partial charge < -0.3 is 10.0 Å². The second-order valence-corrected chi connectivity index (χ2v) is 4.51. The van der Waals surface area contributed by atoms with Crippen molar-refractivity contribution in [3.05, 3.63) is 31.5 Å². The van der Waals surface area contributed by atoms with Crippen molar-refractivity contribution in [1.82, 2.24) is 4.98 Å². The molecule has 4 nitrogen and oxygen atoms in total. The SMILES string of the molecule is [CH2]CCN(c1cccnc1)C(CO)C(=O)C(C)C. The molecule has 1 aromatic rings. The molecule has 1 unspecified atom stereocenters. The summed E-state index contributed by atoms with van der Waals surface area (Å²) in [5.41, 5.74) is 0.842. The first-order valence-electron chi connectivity index (χ1n) is 6.22. The highest BCUT2D eigenvalue weighted by Gasteiger charge is 2.26. The molecule has 0 bridgehead atoms. The molecule has 1 N–H and O–H groups in total.